The predicted octanol–water partition coefficient (Wildman–Crippen LogP) is 3.36. The lowest BCUT2D eigenvalue weighted by atomic mass is 10.2. The van der Waals surface area contributed by atoms with Gasteiger partial charge in [0.1, 0.15) is 5.75 Å². The predicted molar refractivity (Wildman–Crippen MR) is 115 cm³/mol. The Hall–Kier alpha value is -1.55. The summed E-state index contributed by atoms with van der Waals surface area (Å²) >= 11 is 17.8. The van der Waals surface area contributed by atoms with Crippen molar-refractivity contribution in [3.63, 3.8) is 0 Å². The van der Waals surface area contributed by atoms with Crippen LogP contribution in [0.4, 0.5) is 0 Å². The summed E-state index contributed by atoms with van der Waals surface area (Å²) in [6.07, 6.45) is 0. The van der Waals surface area contributed by atoms with E-state index in [4.69, 9.17) is 44.3 Å². The quantitative estimate of drug-likeness (QED) is 0.598. The number of benzene rings is 2. The molecular weight excluding hydrogens is 475 g/mol. The molecule has 0 saturated carbocycles. The van der Waals surface area contributed by atoms with Crippen molar-refractivity contribution < 1.29 is 22.7 Å². The first-order valence-corrected chi connectivity index (χ1v) is 11.6. The van der Waals surface area contributed by atoms with Crippen LogP contribution in [0.5, 0.6) is 5.75 Å². The number of carbonyl (C=O) groups excluding carboxylic acids is 1. The largest absolute Gasteiger partial charge is 0.482 e. The molecule has 30 heavy (non-hydrogen) atoms. The first-order valence-electron chi connectivity index (χ1n) is 8.98. The third kappa shape index (κ3) is 5.78. The zero-order chi connectivity index (χ0) is 21.7. The number of rotatable bonds is 7. The lowest BCUT2D eigenvalue weighted by Gasteiger charge is -2.26. The average Bonchev–Trinajstić information content (AvgIpc) is 2.75. The van der Waals surface area contributed by atoms with E-state index in [1.165, 1.54) is 28.6 Å². The van der Waals surface area contributed by atoms with Gasteiger partial charge in [-0.15, -0.1) is 0 Å². The summed E-state index contributed by atoms with van der Waals surface area (Å²) in [6.45, 7) is 1.40. The monoisotopic (exact) mass is 492 g/mol. The fraction of sp³-hybridized carbons (Fsp3) is 0.316. The molecule has 1 aliphatic heterocycles. The number of nitrogens with one attached hydrogen (secondary N) is 1. The van der Waals surface area contributed by atoms with E-state index in [2.05, 4.69) is 5.32 Å². The Bertz CT molecular complexity index is 1010. The summed E-state index contributed by atoms with van der Waals surface area (Å²) in [5.74, 6) is -0.124. The number of morpholine rings is 1. The van der Waals surface area contributed by atoms with Gasteiger partial charge in [-0.05, 0) is 23.8 Å². The summed E-state index contributed by atoms with van der Waals surface area (Å²) in [5, 5.41) is 3.50. The summed E-state index contributed by atoms with van der Waals surface area (Å²) < 4.78 is 37.2. The molecule has 2 aromatic carbocycles. The first-order chi connectivity index (χ1) is 14.3. The highest BCUT2D eigenvalue weighted by molar-refractivity contribution is 7.89. The van der Waals surface area contributed by atoms with E-state index in [0.717, 1.165) is 5.56 Å². The van der Waals surface area contributed by atoms with E-state index in [1.54, 1.807) is 12.1 Å². The van der Waals surface area contributed by atoms with Crippen LogP contribution in [0.3, 0.4) is 0 Å². The fourth-order valence-corrected chi connectivity index (χ4v) is 4.72. The third-order valence-corrected chi connectivity index (χ3v) is 7.28. The molecular formula is C19H19Cl3N2O5S. The minimum atomic E-state index is -3.55. The van der Waals surface area contributed by atoms with Crippen LogP contribution in [0.15, 0.2) is 41.3 Å². The van der Waals surface area contributed by atoms with Crippen LogP contribution < -0.4 is 10.1 Å². The lowest BCUT2D eigenvalue weighted by Crippen LogP contribution is -2.40. The topological polar surface area (TPSA) is 84.9 Å². The maximum atomic E-state index is 12.6. The first kappa shape index (κ1) is 23.1. The Labute approximate surface area is 189 Å². The minimum absolute atomic E-state index is 0.206. The van der Waals surface area contributed by atoms with Gasteiger partial charge < -0.3 is 14.8 Å². The highest BCUT2D eigenvalue weighted by atomic mass is 35.5. The van der Waals surface area contributed by atoms with Gasteiger partial charge in [0, 0.05) is 25.7 Å². The number of hydrogen-bond acceptors (Lipinski definition) is 5. The highest BCUT2D eigenvalue weighted by Gasteiger charge is 2.26. The molecule has 0 atom stereocenters. The van der Waals surface area contributed by atoms with Crippen LogP contribution in [-0.4, -0.2) is 51.5 Å². The van der Waals surface area contributed by atoms with E-state index >= 15 is 0 Å². The molecule has 2 aromatic rings. The van der Waals surface area contributed by atoms with Crippen LogP contribution in [0.1, 0.15) is 5.56 Å². The zero-order valence-electron chi connectivity index (χ0n) is 15.7. The maximum Gasteiger partial charge on any atom is 0.258 e. The molecule has 0 unspecified atom stereocenters. The molecule has 0 aromatic heterocycles. The van der Waals surface area contributed by atoms with Gasteiger partial charge in [0.2, 0.25) is 10.0 Å². The number of hydrogen-bond donors (Lipinski definition) is 1. The molecule has 1 fully saturated rings. The number of amides is 1. The van der Waals surface area contributed by atoms with Crippen molar-refractivity contribution in [1.82, 2.24) is 9.62 Å². The maximum absolute atomic E-state index is 12.6. The van der Waals surface area contributed by atoms with Crippen molar-refractivity contribution in [1.29, 1.82) is 0 Å². The van der Waals surface area contributed by atoms with Crippen molar-refractivity contribution in [2.75, 3.05) is 32.9 Å². The van der Waals surface area contributed by atoms with Crippen LogP contribution in [0, 0.1) is 0 Å². The van der Waals surface area contributed by atoms with E-state index in [0.29, 0.717) is 26.3 Å². The molecule has 0 aliphatic carbocycles. The number of carbonyl (C=O) groups is 1. The second-order valence-corrected chi connectivity index (χ2v) is 9.58. The summed E-state index contributed by atoms with van der Waals surface area (Å²) in [6, 6.07) is 9.24. The normalized spacial score (nSPS) is 15.0. The molecule has 7 nitrogen and oxygen atoms in total. The average molecular weight is 494 g/mol. The van der Waals surface area contributed by atoms with Crippen molar-refractivity contribution >= 4 is 50.7 Å². The second kappa shape index (κ2) is 10.2. The lowest BCUT2D eigenvalue weighted by molar-refractivity contribution is -0.123. The van der Waals surface area contributed by atoms with Gasteiger partial charge in [0.25, 0.3) is 5.91 Å². The molecule has 0 bridgehead atoms. The van der Waals surface area contributed by atoms with E-state index in [1.807, 2.05) is 0 Å². The van der Waals surface area contributed by atoms with Gasteiger partial charge in [0.15, 0.2) is 6.61 Å². The third-order valence-electron chi connectivity index (χ3n) is 4.35. The van der Waals surface area contributed by atoms with Crippen LogP contribution >= 0.6 is 34.8 Å². The molecule has 162 valence electrons. The number of halogens is 3. The molecule has 3 rings (SSSR count). The Morgan fingerprint density at radius 2 is 1.67 bits per heavy atom. The standard InChI is InChI=1S/C19H19Cl3N2O5S/c20-15-9-17(22)18(10-16(15)21)29-12-19(25)23-11-13-1-3-14(4-2-13)30(26,27)24-5-7-28-8-6-24/h1-4,9-10H,5-8,11-12H2,(H,23,25). The molecule has 1 amide bonds. The molecule has 1 aliphatic rings. The molecule has 0 radical (unpaired) electrons. The smallest absolute Gasteiger partial charge is 0.258 e. The Kier molecular flexibility index (Phi) is 7.84. The number of ether oxygens (including phenoxy) is 2. The summed E-state index contributed by atoms with van der Waals surface area (Å²) in [5.41, 5.74) is 0.747. The molecule has 0 spiro atoms. The van der Waals surface area contributed by atoms with E-state index in [-0.39, 0.29) is 44.8 Å². The van der Waals surface area contributed by atoms with Crippen molar-refractivity contribution in [2.45, 2.75) is 11.4 Å². The number of nitrogens with zero attached hydrogens (tertiary/aromatic N) is 1. The zero-order valence-corrected chi connectivity index (χ0v) is 18.8. The van der Waals surface area contributed by atoms with Crippen LogP contribution in [0.2, 0.25) is 15.1 Å². The van der Waals surface area contributed by atoms with Crippen LogP contribution in [-0.2, 0) is 26.1 Å². The fourth-order valence-electron chi connectivity index (χ4n) is 2.73. The van der Waals surface area contributed by atoms with Gasteiger partial charge >= 0.3 is 0 Å². The molecule has 1 heterocycles. The summed E-state index contributed by atoms with van der Waals surface area (Å²) in [4.78, 5) is 12.2. The van der Waals surface area contributed by atoms with E-state index < -0.39 is 10.0 Å². The Balaban J connectivity index is 1.52. The molecule has 1 N–H and O–H groups in total. The minimum Gasteiger partial charge on any atom is -0.482 e. The molecule has 1 saturated heterocycles. The second-order valence-electron chi connectivity index (χ2n) is 6.42. The Morgan fingerprint density at radius 3 is 2.33 bits per heavy atom. The summed E-state index contributed by atoms with van der Waals surface area (Å²) in [7, 11) is -3.55. The number of sulfonamides is 1. The highest BCUT2D eigenvalue weighted by Crippen LogP contribution is 2.33. The van der Waals surface area contributed by atoms with Crippen molar-refractivity contribution in [3.05, 3.63) is 57.0 Å². The van der Waals surface area contributed by atoms with Crippen molar-refractivity contribution in [3.8, 4) is 5.75 Å². The van der Waals surface area contributed by atoms with Gasteiger partial charge in [-0.25, -0.2) is 8.42 Å². The van der Waals surface area contributed by atoms with Gasteiger partial charge in [-0.2, -0.15) is 4.31 Å². The van der Waals surface area contributed by atoms with Gasteiger partial charge in [-0.1, -0.05) is 46.9 Å². The van der Waals surface area contributed by atoms with Crippen LogP contribution in [0.25, 0.3) is 0 Å². The van der Waals surface area contributed by atoms with E-state index in [9.17, 15) is 13.2 Å². The van der Waals surface area contributed by atoms with Gasteiger partial charge in [-0.3, -0.25) is 4.79 Å². The van der Waals surface area contributed by atoms with Gasteiger partial charge in [0.05, 0.1) is 33.2 Å². The van der Waals surface area contributed by atoms with Crippen molar-refractivity contribution in [2.24, 2.45) is 0 Å². The Morgan fingerprint density at radius 1 is 1.03 bits per heavy atom. The molecule has 11 heteroatoms. The SMILES string of the molecule is O=C(COc1cc(Cl)c(Cl)cc1Cl)NCc1ccc(S(=O)(=O)N2CCOCC2)cc1.